The van der Waals surface area contributed by atoms with E-state index in [4.69, 9.17) is 11.6 Å². The van der Waals surface area contributed by atoms with Crippen LogP contribution in [0, 0.1) is 6.92 Å². The number of hydrogen-bond acceptors (Lipinski definition) is 2. The van der Waals surface area contributed by atoms with E-state index in [0.717, 1.165) is 16.7 Å². The molecule has 0 spiro atoms. The molecule has 2 atom stereocenters. The number of rotatable bonds is 3. The van der Waals surface area contributed by atoms with Gasteiger partial charge in [-0.3, -0.25) is 4.21 Å². The molecular formula is C18H19ClO2S. The summed E-state index contributed by atoms with van der Waals surface area (Å²) in [5.74, 6) is 0. The molecule has 0 bridgehead atoms. The standard InChI is InChI=1S/C18H19ClO2S/c1-13-7-9-16(10-8-13)22(21)17(2,19)18(20)11-14-5-3-4-6-15(14)12-18/h3-10,20H,11-12H2,1-2H3. The lowest BCUT2D eigenvalue weighted by molar-refractivity contribution is 0.0396. The molecule has 116 valence electrons. The van der Waals surface area contributed by atoms with Crippen molar-refractivity contribution in [3.8, 4) is 0 Å². The minimum atomic E-state index is -1.50. The van der Waals surface area contributed by atoms with Crippen LogP contribution >= 0.6 is 11.6 Å². The second kappa shape index (κ2) is 5.48. The topological polar surface area (TPSA) is 37.3 Å². The second-order valence-corrected chi connectivity index (χ2v) is 8.96. The Morgan fingerprint density at radius 3 is 2.09 bits per heavy atom. The van der Waals surface area contributed by atoms with Gasteiger partial charge in [0, 0.05) is 17.7 Å². The van der Waals surface area contributed by atoms with E-state index in [0.29, 0.717) is 17.7 Å². The number of alkyl halides is 1. The van der Waals surface area contributed by atoms with Crippen molar-refractivity contribution >= 4 is 22.4 Å². The molecule has 0 aromatic heterocycles. The van der Waals surface area contributed by atoms with Gasteiger partial charge in [0.05, 0.1) is 10.8 Å². The van der Waals surface area contributed by atoms with Gasteiger partial charge in [0.25, 0.3) is 0 Å². The molecule has 0 radical (unpaired) electrons. The summed E-state index contributed by atoms with van der Waals surface area (Å²) in [5, 5.41) is 11.1. The van der Waals surface area contributed by atoms with Crippen molar-refractivity contribution in [2.24, 2.45) is 0 Å². The van der Waals surface area contributed by atoms with Crippen molar-refractivity contribution < 1.29 is 9.32 Å². The lowest BCUT2D eigenvalue weighted by atomic mass is 9.96. The Morgan fingerprint density at radius 1 is 1.09 bits per heavy atom. The molecular weight excluding hydrogens is 316 g/mol. The van der Waals surface area contributed by atoms with E-state index in [1.165, 1.54) is 0 Å². The van der Waals surface area contributed by atoms with E-state index < -0.39 is 20.6 Å². The number of aliphatic hydroxyl groups is 1. The third kappa shape index (κ3) is 2.51. The highest BCUT2D eigenvalue weighted by Crippen LogP contribution is 2.44. The number of halogens is 1. The predicted molar refractivity (Wildman–Crippen MR) is 90.6 cm³/mol. The minimum absolute atomic E-state index is 0.431. The molecule has 2 aromatic carbocycles. The average molecular weight is 335 g/mol. The Balaban J connectivity index is 1.93. The molecule has 0 heterocycles. The Kier molecular flexibility index (Phi) is 3.92. The summed E-state index contributed by atoms with van der Waals surface area (Å²) in [6, 6.07) is 15.3. The summed E-state index contributed by atoms with van der Waals surface area (Å²) >= 11 is 6.65. The molecule has 0 aliphatic heterocycles. The Hall–Kier alpha value is -1.16. The number of aryl methyl sites for hydroxylation is 1. The summed E-state index contributed by atoms with van der Waals surface area (Å²) in [7, 11) is -1.50. The molecule has 2 aromatic rings. The molecule has 1 aliphatic carbocycles. The van der Waals surface area contributed by atoms with Crippen LogP contribution in [-0.2, 0) is 23.6 Å². The van der Waals surface area contributed by atoms with Gasteiger partial charge in [0.2, 0.25) is 0 Å². The maximum atomic E-state index is 12.9. The van der Waals surface area contributed by atoms with E-state index in [2.05, 4.69) is 0 Å². The summed E-state index contributed by atoms with van der Waals surface area (Å²) in [4.78, 5) is 0.646. The second-order valence-electron chi connectivity index (χ2n) is 6.15. The number of benzene rings is 2. The first kappa shape index (κ1) is 15.7. The predicted octanol–water partition coefficient (Wildman–Crippen LogP) is 3.59. The minimum Gasteiger partial charge on any atom is -0.386 e. The zero-order chi connectivity index (χ0) is 16.0. The molecule has 3 rings (SSSR count). The van der Waals surface area contributed by atoms with E-state index >= 15 is 0 Å². The van der Waals surface area contributed by atoms with Crippen LogP contribution in [0.2, 0.25) is 0 Å². The molecule has 2 unspecified atom stereocenters. The molecule has 0 saturated heterocycles. The van der Waals surface area contributed by atoms with Gasteiger partial charge in [-0.1, -0.05) is 42.0 Å². The van der Waals surface area contributed by atoms with Crippen molar-refractivity contribution in [1.82, 2.24) is 0 Å². The molecule has 4 heteroatoms. The molecule has 1 aliphatic rings. The van der Waals surface area contributed by atoms with E-state index in [1.807, 2.05) is 55.5 Å². The Labute approximate surface area is 138 Å². The zero-order valence-electron chi connectivity index (χ0n) is 12.7. The van der Waals surface area contributed by atoms with E-state index in [1.54, 1.807) is 6.92 Å². The number of fused-ring (bicyclic) bond motifs is 1. The van der Waals surface area contributed by atoms with Crippen molar-refractivity contribution in [3.05, 3.63) is 65.2 Å². The fraction of sp³-hybridized carbons (Fsp3) is 0.333. The van der Waals surface area contributed by atoms with Gasteiger partial charge in [-0.2, -0.15) is 0 Å². The molecule has 22 heavy (non-hydrogen) atoms. The van der Waals surface area contributed by atoms with Crippen LogP contribution in [0.5, 0.6) is 0 Å². The maximum absolute atomic E-state index is 12.9. The summed E-state index contributed by atoms with van der Waals surface area (Å²) < 4.78 is 11.7. The first-order chi connectivity index (χ1) is 10.3. The quantitative estimate of drug-likeness (QED) is 0.871. The van der Waals surface area contributed by atoms with Crippen molar-refractivity contribution in [2.45, 2.75) is 41.4 Å². The van der Waals surface area contributed by atoms with Gasteiger partial charge in [-0.15, -0.1) is 11.6 Å². The van der Waals surface area contributed by atoms with Crippen LogP contribution in [-0.4, -0.2) is 19.1 Å². The van der Waals surface area contributed by atoms with Crippen LogP contribution in [0.1, 0.15) is 23.6 Å². The molecule has 2 nitrogen and oxygen atoms in total. The largest absolute Gasteiger partial charge is 0.386 e. The third-order valence-electron chi connectivity index (χ3n) is 4.50. The lowest BCUT2D eigenvalue weighted by Crippen LogP contribution is -2.51. The van der Waals surface area contributed by atoms with Crippen LogP contribution in [0.25, 0.3) is 0 Å². The Morgan fingerprint density at radius 2 is 1.59 bits per heavy atom. The lowest BCUT2D eigenvalue weighted by Gasteiger charge is -2.36. The van der Waals surface area contributed by atoms with Gasteiger partial charge in [-0.25, -0.2) is 0 Å². The molecule has 0 saturated carbocycles. The van der Waals surface area contributed by atoms with E-state index in [9.17, 15) is 9.32 Å². The van der Waals surface area contributed by atoms with Gasteiger partial charge >= 0.3 is 0 Å². The highest BCUT2D eigenvalue weighted by Gasteiger charge is 2.53. The SMILES string of the molecule is Cc1ccc(S(=O)C(C)(Cl)C2(O)Cc3ccccc3C2)cc1. The van der Waals surface area contributed by atoms with Crippen molar-refractivity contribution in [3.63, 3.8) is 0 Å². The van der Waals surface area contributed by atoms with E-state index in [-0.39, 0.29) is 0 Å². The van der Waals surface area contributed by atoms with Gasteiger partial charge in [0.1, 0.15) is 5.60 Å². The van der Waals surface area contributed by atoms with Crippen LogP contribution in [0.4, 0.5) is 0 Å². The summed E-state index contributed by atoms with van der Waals surface area (Å²) in [6.07, 6.45) is 0.863. The van der Waals surface area contributed by atoms with Gasteiger partial charge < -0.3 is 5.11 Å². The highest BCUT2D eigenvalue weighted by atomic mass is 35.5. The zero-order valence-corrected chi connectivity index (χ0v) is 14.2. The highest BCUT2D eigenvalue weighted by molar-refractivity contribution is 7.88. The summed E-state index contributed by atoms with van der Waals surface area (Å²) in [5.41, 5.74) is 2.05. The normalized spacial score (nSPS) is 20.2. The van der Waals surface area contributed by atoms with Crippen LogP contribution in [0.3, 0.4) is 0 Å². The van der Waals surface area contributed by atoms with Gasteiger partial charge in [0.15, 0.2) is 4.21 Å². The monoisotopic (exact) mass is 334 g/mol. The van der Waals surface area contributed by atoms with Crippen LogP contribution < -0.4 is 0 Å². The smallest absolute Gasteiger partial charge is 0.150 e. The number of hydrogen-bond donors (Lipinski definition) is 1. The van der Waals surface area contributed by atoms with Crippen molar-refractivity contribution in [2.75, 3.05) is 0 Å². The third-order valence-corrected chi connectivity index (χ3v) is 7.05. The summed E-state index contributed by atoms with van der Waals surface area (Å²) in [6.45, 7) is 3.66. The first-order valence-electron chi connectivity index (χ1n) is 7.30. The molecule has 0 amide bonds. The van der Waals surface area contributed by atoms with Gasteiger partial charge in [-0.05, 0) is 37.1 Å². The fourth-order valence-electron chi connectivity index (χ4n) is 2.97. The Bertz CT molecular complexity index is 697. The first-order valence-corrected chi connectivity index (χ1v) is 8.83. The molecule has 0 fully saturated rings. The average Bonchev–Trinajstić information content (AvgIpc) is 2.85. The van der Waals surface area contributed by atoms with Crippen molar-refractivity contribution in [1.29, 1.82) is 0 Å². The maximum Gasteiger partial charge on any atom is 0.150 e. The fourth-order valence-corrected chi connectivity index (χ4v) is 4.68. The van der Waals surface area contributed by atoms with Crippen LogP contribution in [0.15, 0.2) is 53.4 Å². The molecule has 1 N–H and O–H groups in total.